The molecule has 1 aliphatic carbocycles. The molecule has 362 valence electrons. The van der Waals surface area contributed by atoms with Crippen LogP contribution in [0.1, 0.15) is 66.1 Å². The number of hydrogen-bond acceptors (Lipinski definition) is 11. The molecule has 6 heterocycles. The summed E-state index contributed by atoms with van der Waals surface area (Å²) < 4.78 is 59.0. The zero-order valence-corrected chi connectivity index (χ0v) is 38.6. The second-order valence-electron chi connectivity index (χ2n) is 18.1. The van der Waals surface area contributed by atoms with E-state index in [-0.39, 0.29) is 37.4 Å². The molecule has 0 radical (unpaired) electrons. The van der Waals surface area contributed by atoms with Crippen molar-refractivity contribution in [3.05, 3.63) is 126 Å². The number of halogens is 3. The summed E-state index contributed by atoms with van der Waals surface area (Å²) in [6.45, 7) is 4.91. The van der Waals surface area contributed by atoms with Crippen LogP contribution >= 0.6 is 0 Å². The van der Waals surface area contributed by atoms with Crippen molar-refractivity contribution in [1.29, 1.82) is 0 Å². The number of carbonyl (C=O) groups excluding carboxylic acids is 3. The SMILES string of the molecule is COc1ccc(COc2c(F)cc(C(=O)NCC3CCC(n4cc5ccc(-c6cnc(N7CCN(CCCc8ccc9c(N%10CCC(=O)NC%10=O)cnn9c8)CC7)cn6)cc5n4)CC3)c(F)c2F)cc1. The summed E-state index contributed by atoms with van der Waals surface area (Å²) in [7, 11) is 1.52. The van der Waals surface area contributed by atoms with Crippen molar-refractivity contribution >= 4 is 45.8 Å². The van der Waals surface area contributed by atoms with Gasteiger partial charge in [-0.3, -0.25) is 34.4 Å². The molecule has 3 aromatic carbocycles. The maximum absolute atomic E-state index is 15.0. The number of anilines is 2. The monoisotopic (exact) mass is 955 g/mol. The number of hydrogen-bond donors (Lipinski definition) is 2. The van der Waals surface area contributed by atoms with E-state index in [9.17, 15) is 23.2 Å². The Hall–Kier alpha value is -7.54. The lowest BCUT2D eigenvalue weighted by molar-refractivity contribution is -0.120. The Bertz CT molecular complexity index is 3040. The molecule has 3 fully saturated rings. The van der Waals surface area contributed by atoms with E-state index in [4.69, 9.17) is 24.5 Å². The van der Waals surface area contributed by atoms with Gasteiger partial charge in [-0.25, -0.2) is 23.1 Å². The van der Waals surface area contributed by atoms with Gasteiger partial charge in [0.1, 0.15) is 18.2 Å². The molecule has 3 aliphatic rings. The van der Waals surface area contributed by atoms with Crippen molar-refractivity contribution in [2.75, 3.05) is 62.7 Å². The van der Waals surface area contributed by atoms with Gasteiger partial charge >= 0.3 is 6.03 Å². The number of fused-ring (bicyclic) bond motifs is 2. The molecule has 2 N–H and O–H groups in total. The summed E-state index contributed by atoms with van der Waals surface area (Å²) in [5.74, 6) is -4.65. The lowest BCUT2D eigenvalue weighted by Gasteiger charge is -2.35. The minimum absolute atomic E-state index is 0.110. The third-order valence-electron chi connectivity index (χ3n) is 13.6. The number of nitrogens with one attached hydrogen (secondary N) is 2. The third-order valence-corrected chi connectivity index (χ3v) is 13.6. The summed E-state index contributed by atoms with van der Waals surface area (Å²) in [5.41, 5.74) is 5.10. The first-order chi connectivity index (χ1) is 34.1. The number of urea groups is 1. The van der Waals surface area contributed by atoms with Crippen molar-refractivity contribution < 1.29 is 37.0 Å². The lowest BCUT2D eigenvalue weighted by atomic mass is 9.86. The normalized spacial score (nSPS) is 17.8. The molecule has 4 aromatic heterocycles. The number of imide groups is 1. The number of amides is 4. The van der Waals surface area contributed by atoms with Gasteiger partial charge in [-0.2, -0.15) is 14.6 Å². The summed E-state index contributed by atoms with van der Waals surface area (Å²) in [6, 6.07) is 17.2. The standard InChI is InChI=1S/C51H52F3N11O5/c1-69-38-13-6-34(7-14-38)31-70-49-40(52)24-39(47(53)48(49)54)50(67)57-25-32-4-11-37(12-5-32)64-30-36-10-9-35(23-41(36)60-64)42-26-56-45(28-55-42)62-21-19-61(20-22-62)17-2-3-33-8-15-43-44(27-58-65(43)29-33)63-18-16-46(66)59-51(63)68/h6-10,13-15,23-24,26-30,32,37H,2-5,11-12,16-22,25,31H2,1H3,(H,57,67)(H,59,66,68). The van der Waals surface area contributed by atoms with Gasteiger partial charge in [0, 0.05) is 69.0 Å². The molecule has 0 atom stereocenters. The predicted octanol–water partition coefficient (Wildman–Crippen LogP) is 7.51. The van der Waals surface area contributed by atoms with Crippen LogP contribution in [0.5, 0.6) is 11.5 Å². The first-order valence-electron chi connectivity index (χ1n) is 23.6. The summed E-state index contributed by atoms with van der Waals surface area (Å²) in [6.07, 6.45) is 14.8. The van der Waals surface area contributed by atoms with Crippen molar-refractivity contribution in [3.63, 3.8) is 0 Å². The molecule has 2 aliphatic heterocycles. The van der Waals surface area contributed by atoms with E-state index in [2.05, 4.69) is 37.8 Å². The fourth-order valence-electron chi connectivity index (χ4n) is 9.58. The number of nitrogens with zero attached hydrogens (tertiary/aromatic N) is 9. The van der Waals surface area contributed by atoms with Crippen LogP contribution in [-0.2, 0) is 17.8 Å². The van der Waals surface area contributed by atoms with Gasteiger partial charge in [0.2, 0.25) is 11.7 Å². The molecule has 1 saturated carbocycles. The van der Waals surface area contributed by atoms with Gasteiger partial charge in [0.25, 0.3) is 5.91 Å². The van der Waals surface area contributed by atoms with Crippen LogP contribution in [0.3, 0.4) is 0 Å². The van der Waals surface area contributed by atoms with Gasteiger partial charge < -0.3 is 19.7 Å². The van der Waals surface area contributed by atoms with E-state index in [0.29, 0.717) is 29.6 Å². The number of pyridine rings is 1. The highest BCUT2D eigenvalue weighted by molar-refractivity contribution is 6.07. The van der Waals surface area contributed by atoms with E-state index in [1.54, 1.807) is 39.9 Å². The maximum atomic E-state index is 15.0. The second kappa shape index (κ2) is 20.2. The van der Waals surface area contributed by atoms with E-state index in [1.165, 1.54) is 12.7 Å². The molecular formula is C51H52F3N11O5. The quantitative estimate of drug-likeness (QED) is 0.0978. The summed E-state index contributed by atoms with van der Waals surface area (Å²) >= 11 is 0. The van der Waals surface area contributed by atoms with Crippen molar-refractivity contribution in [1.82, 2.24) is 44.9 Å². The average Bonchev–Trinajstić information content (AvgIpc) is 4.01. The Morgan fingerprint density at radius 2 is 1.66 bits per heavy atom. The highest BCUT2D eigenvalue weighted by atomic mass is 19.2. The number of piperazine rings is 1. The highest BCUT2D eigenvalue weighted by Gasteiger charge is 2.29. The number of rotatable bonds is 15. The van der Waals surface area contributed by atoms with E-state index < -0.39 is 40.7 Å². The van der Waals surface area contributed by atoms with Crippen LogP contribution < -0.4 is 29.9 Å². The second-order valence-corrected chi connectivity index (χ2v) is 18.1. The minimum Gasteiger partial charge on any atom is -0.497 e. The molecule has 19 heteroatoms. The molecule has 2 saturated heterocycles. The van der Waals surface area contributed by atoms with Crippen LogP contribution in [0.4, 0.5) is 29.5 Å². The molecule has 0 spiro atoms. The fraction of sp³-hybridized carbons (Fsp3) is 0.353. The van der Waals surface area contributed by atoms with Gasteiger partial charge in [-0.1, -0.05) is 30.3 Å². The van der Waals surface area contributed by atoms with Gasteiger partial charge in [-0.15, -0.1) is 0 Å². The van der Waals surface area contributed by atoms with E-state index in [0.717, 1.165) is 105 Å². The van der Waals surface area contributed by atoms with E-state index in [1.807, 2.05) is 47.5 Å². The Labute approximate surface area is 401 Å². The number of methoxy groups -OCH3 is 1. The fourth-order valence-corrected chi connectivity index (χ4v) is 9.58. The van der Waals surface area contributed by atoms with Crippen LogP contribution in [0.25, 0.3) is 27.7 Å². The lowest BCUT2D eigenvalue weighted by Crippen LogP contribution is -2.49. The smallest absolute Gasteiger partial charge is 0.328 e. The maximum Gasteiger partial charge on any atom is 0.328 e. The number of ether oxygens (including phenoxy) is 2. The first kappa shape index (κ1) is 46.2. The number of aromatic nitrogens is 6. The molecule has 0 unspecified atom stereocenters. The predicted molar refractivity (Wildman–Crippen MR) is 255 cm³/mol. The summed E-state index contributed by atoms with van der Waals surface area (Å²) in [4.78, 5) is 52.8. The molecule has 10 rings (SSSR count). The van der Waals surface area contributed by atoms with Gasteiger partial charge in [0.05, 0.1) is 59.7 Å². The minimum atomic E-state index is -1.55. The largest absolute Gasteiger partial charge is 0.497 e. The molecule has 4 amide bonds. The van der Waals surface area contributed by atoms with Crippen molar-refractivity contribution in [2.45, 2.75) is 57.6 Å². The molecule has 16 nitrogen and oxygen atoms in total. The third kappa shape index (κ3) is 9.97. The van der Waals surface area contributed by atoms with Crippen LogP contribution in [0.2, 0.25) is 0 Å². The first-order valence-corrected chi connectivity index (χ1v) is 23.6. The topological polar surface area (TPSA) is 164 Å². The number of carbonyl (C=O) groups is 3. The highest BCUT2D eigenvalue weighted by Crippen LogP contribution is 2.34. The molecule has 70 heavy (non-hydrogen) atoms. The average molecular weight is 956 g/mol. The Balaban J connectivity index is 0.663. The van der Waals surface area contributed by atoms with Gasteiger partial charge in [-0.05, 0) is 92.4 Å². The van der Waals surface area contributed by atoms with Crippen molar-refractivity contribution in [3.8, 4) is 22.8 Å². The Morgan fingerprint density at radius 3 is 2.41 bits per heavy atom. The van der Waals surface area contributed by atoms with Gasteiger partial charge in [0.15, 0.2) is 17.4 Å². The number of benzene rings is 3. The van der Waals surface area contributed by atoms with Crippen LogP contribution in [0.15, 0.2) is 91.6 Å². The Morgan fingerprint density at radius 1 is 0.857 bits per heavy atom. The zero-order valence-electron chi connectivity index (χ0n) is 38.6. The zero-order chi connectivity index (χ0) is 48.3. The van der Waals surface area contributed by atoms with Crippen LogP contribution in [-0.4, -0.2) is 105 Å². The number of aryl methyl sites for hydroxylation is 1. The molecule has 7 aromatic rings. The van der Waals surface area contributed by atoms with Crippen LogP contribution in [0, 0.1) is 23.4 Å². The van der Waals surface area contributed by atoms with E-state index >= 15 is 4.39 Å². The molecular weight excluding hydrogens is 904 g/mol. The van der Waals surface area contributed by atoms with Crippen molar-refractivity contribution in [2.24, 2.45) is 5.92 Å². The Kier molecular flexibility index (Phi) is 13.3. The molecule has 0 bridgehead atoms. The summed E-state index contributed by atoms with van der Waals surface area (Å²) in [5, 5.41) is 15.5.